The van der Waals surface area contributed by atoms with E-state index < -0.39 is 5.82 Å². The van der Waals surface area contributed by atoms with E-state index in [1.54, 1.807) is 6.07 Å². The predicted octanol–water partition coefficient (Wildman–Crippen LogP) is 4.35. The summed E-state index contributed by atoms with van der Waals surface area (Å²) < 4.78 is 14.0. The van der Waals surface area contributed by atoms with E-state index in [0.717, 1.165) is 57.8 Å². The van der Waals surface area contributed by atoms with Gasteiger partial charge in [0.1, 0.15) is 5.82 Å². The van der Waals surface area contributed by atoms with Crippen LogP contribution in [-0.4, -0.2) is 49.2 Å². The van der Waals surface area contributed by atoms with Gasteiger partial charge in [-0.25, -0.2) is 9.37 Å². The molecule has 1 aromatic heterocycles. The molecule has 0 spiro atoms. The van der Waals surface area contributed by atoms with Gasteiger partial charge in [0, 0.05) is 37.2 Å². The van der Waals surface area contributed by atoms with E-state index in [2.05, 4.69) is 38.7 Å². The summed E-state index contributed by atoms with van der Waals surface area (Å²) in [5.74, 6) is 0.901. The lowest BCUT2D eigenvalue weighted by atomic mass is 9.93. The summed E-state index contributed by atoms with van der Waals surface area (Å²) in [5.41, 5.74) is 3.59. The van der Waals surface area contributed by atoms with Gasteiger partial charge in [-0.2, -0.15) is 5.26 Å². The first-order valence-electron chi connectivity index (χ1n) is 12.0. The molecule has 1 heterocycles. The number of hydrogen-bond donors (Lipinski definition) is 3. The Balaban J connectivity index is 1.37. The summed E-state index contributed by atoms with van der Waals surface area (Å²) in [6.45, 7) is 3.68. The van der Waals surface area contributed by atoms with Crippen LogP contribution in [-0.2, 0) is 5.41 Å². The van der Waals surface area contributed by atoms with Crippen molar-refractivity contribution in [3.05, 3.63) is 58.4 Å². The molecule has 3 N–H and O–H groups in total. The highest BCUT2D eigenvalue weighted by molar-refractivity contribution is 6.31. The molecule has 0 radical (unpaired) electrons. The first-order valence-corrected chi connectivity index (χ1v) is 12.4. The molecule has 3 atom stereocenters. The number of likely N-dealkylation sites (N-methyl/N-ethyl adjacent to an activating group) is 1. The molecule has 2 aliphatic rings. The number of nitrogens with zero attached hydrogens (tertiary/aromatic N) is 3. The molecular formula is C26H30ClFN6. The number of benzene rings is 2. The summed E-state index contributed by atoms with van der Waals surface area (Å²) in [7, 11) is 1.95. The Kier molecular flexibility index (Phi) is 6.48. The molecular weight excluding hydrogens is 451 g/mol. The fourth-order valence-corrected chi connectivity index (χ4v) is 5.88. The molecule has 0 aliphatic heterocycles. The number of aromatic amines is 1. The molecule has 2 saturated carbocycles. The van der Waals surface area contributed by atoms with Crippen molar-refractivity contribution >= 4 is 28.6 Å². The number of nitriles is 1. The molecule has 5 rings (SSSR count). The van der Waals surface area contributed by atoms with Gasteiger partial charge < -0.3 is 20.5 Å². The maximum Gasteiger partial charge on any atom is 0.204 e. The lowest BCUT2D eigenvalue weighted by Gasteiger charge is -2.30. The number of nitrogens with one attached hydrogen (secondary N) is 3. The van der Waals surface area contributed by atoms with Crippen LogP contribution < -0.4 is 15.5 Å². The lowest BCUT2D eigenvalue weighted by Crippen LogP contribution is -2.38. The van der Waals surface area contributed by atoms with Crippen molar-refractivity contribution in [3.63, 3.8) is 0 Å². The number of halogens is 2. The van der Waals surface area contributed by atoms with Crippen LogP contribution in [0.3, 0.4) is 0 Å². The van der Waals surface area contributed by atoms with Gasteiger partial charge in [0.25, 0.3) is 0 Å². The minimum absolute atomic E-state index is 0.0914. The van der Waals surface area contributed by atoms with Crippen LogP contribution in [0.15, 0.2) is 36.4 Å². The second kappa shape index (κ2) is 9.53. The van der Waals surface area contributed by atoms with Gasteiger partial charge in [-0.3, -0.25) is 0 Å². The highest BCUT2D eigenvalue weighted by Crippen LogP contribution is 2.65. The topological polar surface area (TPSA) is 79.8 Å². The molecule has 0 amide bonds. The van der Waals surface area contributed by atoms with Gasteiger partial charge in [-0.05, 0) is 69.0 Å². The molecule has 6 nitrogen and oxygen atoms in total. The zero-order chi connectivity index (χ0) is 23.7. The molecule has 0 saturated heterocycles. The van der Waals surface area contributed by atoms with Gasteiger partial charge in [0.2, 0.25) is 5.95 Å². The van der Waals surface area contributed by atoms with E-state index in [9.17, 15) is 4.39 Å². The zero-order valence-electron chi connectivity index (χ0n) is 19.4. The van der Waals surface area contributed by atoms with Gasteiger partial charge in [0.05, 0.1) is 27.7 Å². The molecule has 2 aromatic carbocycles. The molecule has 2 fully saturated rings. The van der Waals surface area contributed by atoms with Crippen LogP contribution in [0, 0.1) is 23.1 Å². The normalized spacial score (nSPS) is 23.1. The minimum atomic E-state index is -0.437. The molecule has 0 bridgehead atoms. The number of anilines is 1. The smallest absolute Gasteiger partial charge is 0.204 e. The Morgan fingerprint density at radius 1 is 1.26 bits per heavy atom. The fraction of sp³-hybridized carbons (Fsp3) is 0.462. The Morgan fingerprint density at radius 3 is 2.82 bits per heavy atom. The number of rotatable bonds is 10. The Labute approximate surface area is 204 Å². The first kappa shape index (κ1) is 23.1. The summed E-state index contributed by atoms with van der Waals surface area (Å²) in [5, 5.41) is 15.9. The number of imidazole rings is 1. The summed E-state index contributed by atoms with van der Waals surface area (Å²) in [6, 6.07) is 13.7. The fourth-order valence-electron chi connectivity index (χ4n) is 5.73. The van der Waals surface area contributed by atoms with E-state index in [0.29, 0.717) is 28.6 Å². The molecule has 34 heavy (non-hydrogen) atoms. The van der Waals surface area contributed by atoms with Crippen LogP contribution in [0.4, 0.5) is 10.3 Å². The van der Waals surface area contributed by atoms with Gasteiger partial charge in [-0.1, -0.05) is 23.7 Å². The summed E-state index contributed by atoms with van der Waals surface area (Å²) in [4.78, 5) is 10.6. The SMILES string of the molecule is CNCCNCCCN(c1nc2cc(Cl)c(F)cc2[nH]1)[C@@H]1CCC2(c3ccc(C#N)cc3)CC12. The second-order valence-electron chi connectivity index (χ2n) is 9.51. The Hall–Kier alpha value is -2.66. The molecule has 178 valence electrons. The lowest BCUT2D eigenvalue weighted by molar-refractivity contribution is 0.519. The average Bonchev–Trinajstić information content (AvgIpc) is 3.26. The van der Waals surface area contributed by atoms with Crippen LogP contribution in [0.1, 0.15) is 36.8 Å². The number of fused-ring (bicyclic) bond motifs is 2. The van der Waals surface area contributed by atoms with Crippen molar-refractivity contribution in [1.82, 2.24) is 20.6 Å². The number of aromatic nitrogens is 2. The second-order valence-corrected chi connectivity index (χ2v) is 9.91. The van der Waals surface area contributed by atoms with Crippen molar-refractivity contribution in [2.75, 3.05) is 38.1 Å². The zero-order valence-corrected chi connectivity index (χ0v) is 20.1. The van der Waals surface area contributed by atoms with E-state index >= 15 is 0 Å². The number of hydrogen-bond acceptors (Lipinski definition) is 5. The average molecular weight is 481 g/mol. The molecule has 2 unspecified atom stereocenters. The largest absolute Gasteiger partial charge is 0.339 e. The highest BCUT2D eigenvalue weighted by atomic mass is 35.5. The predicted molar refractivity (Wildman–Crippen MR) is 134 cm³/mol. The van der Waals surface area contributed by atoms with Crippen molar-refractivity contribution in [2.24, 2.45) is 5.92 Å². The van der Waals surface area contributed by atoms with E-state index in [4.69, 9.17) is 21.8 Å². The van der Waals surface area contributed by atoms with Crippen molar-refractivity contribution < 1.29 is 4.39 Å². The van der Waals surface area contributed by atoms with Gasteiger partial charge in [-0.15, -0.1) is 0 Å². The van der Waals surface area contributed by atoms with Crippen molar-refractivity contribution in [2.45, 2.75) is 37.1 Å². The maximum absolute atomic E-state index is 14.0. The van der Waals surface area contributed by atoms with Crippen LogP contribution in [0.2, 0.25) is 5.02 Å². The van der Waals surface area contributed by atoms with E-state index in [1.165, 1.54) is 11.6 Å². The monoisotopic (exact) mass is 480 g/mol. The van der Waals surface area contributed by atoms with E-state index in [-0.39, 0.29) is 10.4 Å². The third kappa shape index (κ3) is 4.26. The van der Waals surface area contributed by atoms with Crippen LogP contribution in [0.5, 0.6) is 0 Å². The minimum Gasteiger partial charge on any atom is -0.339 e. The van der Waals surface area contributed by atoms with Crippen molar-refractivity contribution in [1.29, 1.82) is 5.26 Å². The summed E-state index contributed by atoms with van der Waals surface area (Å²) in [6.07, 6.45) is 4.36. The van der Waals surface area contributed by atoms with Crippen molar-refractivity contribution in [3.8, 4) is 6.07 Å². The Bertz CT molecular complexity index is 1160. The quantitative estimate of drug-likeness (QED) is 0.376. The highest BCUT2D eigenvalue weighted by Gasteiger charge is 2.63. The third-order valence-corrected chi connectivity index (χ3v) is 7.85. The Morgan fingerprint density at radius 2 is 2.09 bits per heavy atom. The maximum atomic E-state index is 14.0. The standard InChI is InChI=1S/C26H30ClFN6/c1-30-10-11-31-9-2-12-34(25-32-22-13-20(27)21(28)14-23(22)33-25)24-7-8-26(15-19(24)26)18-5-3-17(16-29)4-6-18/h3-6,13-14,19,24,30-31H,2,7-12,15H2,1H3,(H,32,33)/t19?,24-,26?/m1/s1. The van der Waals surface area contributed by atoms with Gasteiger partial charge >= 0.3 is 0 Å². The van der Waals surface area contributed by atoms with Crippen LogP contribution >= 0.6 is 11.6 Å². The van der Waals surface area contributed by atoms with Gasteiger partial charge in [0.15, 0.2) is 0 Å². The summed E-state index contributed by atoms with van der Waals surface area (Å²) >= 11 is 6.01. The number of H-pyrrole nitrogens is 1. The third-order valence-electron chi connectivity index (χ3n) is 7.56. The first-order chi connectivity index (χ1) is 16.6. The van der Waals surface area contributed by atoms with Crippen LogP contribution in [0.25, 0.3) is 11.0 Å². The van der Waals surface area contributed by atoms with E-state index in [1.807, 2.05) is 19.2 Å². The molecule has 2 aliphatic carbocycles. The molecule has 8 heteroatoms. The molecule has 3 aromatic rings.